The van der Waals surface area contributed by atoms with Crippen molar-refractivity contribution in [2.45, 2.75) is 64.6 Å². The van der Waals surface area contributed by atoms with Crippen molar-refractivity contribution in [1.29, 1.82) is 0 Å². The molecule has 1 fully saturated rings. The number of carbonyl (C=O) groups excluding carboxylic acids is 4. The molecule has 0 aliphatic carbocycles. The number of likely N-dealkylation sites (tertiary alicyclic amines) is 1. The molecule has 1 rings (SSSR count). The van der Waals surface area contributed by atoms with E-state index in [-0.39, 0.29) is 31.9 Å². The van der Waals surface area contributed by atoms with Gasteiger partial charge in [-0.3, -0.25) is 19.2 Å². The van der Waals surface area contributed by atoms with E-state index in [9.17, 15) is 19.2 Å². The Morgan fingerprint density at radius 1 is 1.31 bits per heavy atom. The molecule has 0 aromatic heterocycles. The molecule has 1 unspecified atom stereocenters. The number of nitrogens with one attached hydrogen (secondary N) is 2. The fourth-order valence-electron chi connectivity index (χ4n) is 3.09. The van der Waals surface area contributed by atoms with Crippen molar-refractivity contribution in [2.24, 2.45) is 11.1 Å². The SMILES string of the molecule is C=CCNC(=O)C(=O)C(CCCO)NC(=O)[C@@H]1CCCN1C(=O)[C@@H](N)C(C)(C)C. The second kappa shape index (κ2) is 11.1. The number of hydrogen-bond donors (Lipinski definition) is 4. The highest BCUT2D eigenvalue weighted by Crippen LogP contribution is 2.24. The van der Waals surface area contributed by atoms with Gasteiger partial charge in [-0.25, -0.2) is 0 Å². The van der Waals surface area contributed by atoms with Gasteiger partial charge in [0.2, 0.25) is 17.6 Å². The molecular weight excluding hydrogens is 376 g/mol. The van der Waals surface area contributed by atoms with E-state index in [1.807, 2.05) is 20.8 Å². The van der Waals surface area contributed by atoms with Gasteiger partial charge in [-0.15, -0.1) is 6.58 Å². The van der Waals surface area contributed by atoms with Crippen LogP contribution in [-0.4, -0.2) is 71.3 Å². The second-order valence-corrected chi connectivity index (χ2v) is 8.32. The number of aliphatic hydroxyl groups excluding tert-OH is 1. The number of aliphatic hydroxyl groups is 1. The quantitative estimate of drug-likeness (QED) is 0.282. The molecule has 9 nitrogen and oxygen atoms in total. The summed E-state index contributed by atoms with van der Waals surface area (Å²) in [5, 5.41) is 14.1. The highest BCUT2D eigenvalue weighted by atomic mass is 16.3. The van der Waals surface area contributed by atoms with Gasteiger partial charge in [-0.1, -0.05) is 26.8 Å². The van der Waals surface area contributed by atoms with Gasteiger partial charge in [-0.05, 0) is 31.1 Å². The summed E-state index contributed by atoms with van der Waals surface area (Å²) in [4.78, 5) is 51.5. The van der Waals surface area contributed by atoms with Gasteiger partial charge in [0.25, 0.3) is 5.91 Å². The number of hydrogen-bond acceptors (Lipinski definition) is 6. The van der Waals surface area contributed by atoms with Crippen LogP contribution in [0.4, 0.5) is 0 Å². The molecular formula is C20H34N4O5. The van der Waals surface area contributed by atoms with Gasteiger partial charge in [-0.2, -0.15) is 0 Å². The maximum atomic E-state index is 12.8. The van der Waals surface area contributed by atoms with Crippen LogP contribution in [0.15, 0.2) is 12.7 Å². The number of nitrogens with two attached hydrogens (primary N) is 1. The summed E-state index contributed by atoms with van der Waals surface area (Å²) < 4.78 is 0. The molecule has 5 N–H and O–H groups in total. The molecule has 0 aromatic rings. The molecule has 1 aliphatic rings. The standard InChI is InChI=1S/C20H34N4O5/c1-5-10-22-18(28)15(26)13(8-7-12-25)23-17(27)14-9-6-11-24(14)19(29)16(21)20(2,3)4/h5,13-14,16,25H,1,6-12,21H2,2-4H3,(H,22,28)(H,23,27)/t13?,14-,16+/m0/s1. The molecule has 0 bridgehead atoms. The van der Waals surface area contributed by atoms with Crippen LogP contribution in [0.25, 0.3) is 0 Å². The van der Waals surface area contributed by atoms with Gasteiger partial charge in [0.1, 0.15) is 6.04 Å². The largest absolute Gasteiger partial charge is 0.396 e. The number of ketones is 1. The minimum absolute atomic E-state index is 0.116. The maximum absolute atomic E-state index is 12.8. The molecule has 3 atom stereocenters. The lowest BCUT2D eigenvalue weighted by molar-refractivity contribution is -0.143. The van der Waals surface area contributed by atoms with Gasteiger partial charge < -0.3 is 26.4 Å². The Morgan fingerprint density at radius 2 is 1.97 bits per heavy atom. The number of nitrogens with zero attached hydrogens (tertiary/aromatic N) is 1. The van der Waals surface area contributed by atoms with Crippen molar-refractivity contribution >= 4 is 23.5 Å². The van der Waals surface area contributed by atoms with Crippen molar-refractivity contribution in [1.82, 2.24) is 15.5 Å². The first-order chi connectivity index (χ1) is 13.5. The minimum Gasteiger partial charge on any atom is -0.396 e. The van der Waals surface area contributed by atoms with E-state index in [1.54, 1.807) is 0 Å². The van der Waals surface area contributed by atoms with Gasteiger partial charge in [0.15, 0.2) is 0 Å². The molecule has 0 radical (unpaired) electrons. The third kappa shape index (κ3) is 6.93. The van der Waals surface area contributed by atoms with Crippen molar-refractivity contribution in [2.75, 3.05) is 19.7 Å². The topological polar surface area (TPSA) is 142 Å². The van der Waals surface area contributed by atoms with Crippen LogP contribution < -0.4 is 16.4 Å². The smallest absolute Gasteiger partial charge is 0.289 e. The van der Waals surface area contributed by atoms with Crippen molar-refractivity contribution in [3.05, 3.63) is 12.7 Å². The predicted octanol–water partition coefficient (Wildman–Crippen LogP) is -0.521. The average molecular weight is 411 g/mol. The first-order valence-corrected chi connectivity index (χ1v) is 9.94. The van der Waals surface area contributed by atoms with Crippen molar-refractivity contribution in [3.8, 4) is 0 Å². The van der Waals surface area contributed by atoms with Crippen molar-refractivity contribution < 1.29 is 24.3 Å². The van der Waals surface area contributed by atoms with Crippen LogP contribution in [0.5, 0.6) is 0 Å². The van der Waals surface area contributed by atoms with Crippen LogP contribution in [0.1, 0.15) is 46.5 Å². The third-order valence-electron chi connectivity index (χ3n) is 4.95. The van der Waals surface area contributed by atoms with Crippen LogP contribution in [0, 0.1) is 5.41 Å². The van der Waals surface area contributed by atoms with E-state index in [4.69, 9.17) is 10.8 Å². The van der Waals surface area contributed by atoms with E-state index in [0.717, 1.165) is 0 Å². The van der Waals surface area contributed by atoms with E-state index < -0.39 is 41.1 Å². The summed E-state index contributed by atoms with van der Waals surface area (Å²) in [5.41, 5.74) is 5.62. The van der Waals surface area contributed by atoms with Crippen LogP contribution in [-0.2, 0) is 19.2 Å². The Hall–Kier alpha value is -2.26. The predicted molar refractivity (Wildman–Crippen MR) is 109 cm³/mol. The molecule has 9 heteroatoms. The first-order valence-electron chi connectivity index (χ1n) is 9.94. The number of amides is 3. The lowest BCUT2D eigenvalue weighted by Crippen LogP contribution is -2.57. The third-order valence-corrected chi connectivity index (χ3v) is 4.95. The zero-order chi connectivity index (χ0) is 22.2. The maximum Gasteiger partial charge on any atom is 0.289 e. The molecule has 3 amide bonds. The Kier molecular flexibility index (Phi) is 9.45. The molecule has 164 valence electrons. The monoisotopic (exact) mass is 410 g/mol. The first kappa shape index (κ1) is 24.8. The molecule has 1 aliphatic heterocycles. The lowest BCUT2D eigenvalue weighted by Gasteiger charge is -2.33. The zero-order valence-corrected chi connectivity index (χ0v) is 17.6. The Morgan fingerprint density at radius 3 is 2.52 bits per heavy atom. The van der Waals surface area contributed by atoms with E-state index >= 15 is 0 Å². The molecule has 0 saturated carbocycles. The van der Waals surface area contributed by atoms with Gasteiger partial charge in [0, 0.05) is 19.7 Å². The number of Topliss-reactive ketones (excluding diaryl/α,β-unsaturated/α-hetero) is 1. The molecule has 1 saturated heterocycles. The van der Waals surface area contributed by atoms with E-state index in [1.165, 1.54) is 11.0 Å². The molecule has 0 aromatic carbocycles. The normalized spacial score (nSPS) is 18.7. The molecule has 1 heterocycles. The summed E-state index contributed by atoms with van der Waals surface area (Å²) in [6, 6.07) is -2.57. The highest BCUT2D eigenvalue weighted by molar-refractivity contribution is 6.38. The molecule has 0 spiro atoms. The lowest BCUT2D eigenvalue weighted by atomic mass is 9.86. The van der Waals surface area contributed by atoms with Crippen LogP contribution in [0.3, 0.4) is 0 Å². The van der Waals surface area contributed by atoms with Crippen molar-refractivity contribution in [3.63, 3.8) is 0 Å². The van der Waals surface area contributed by atoms with Crippen LogP contribution in [0.2, 0.25) is 0 Å². The van der Waals surface area contributed by atoms with E-state index in [2.05, 4.69) is 17.2 Å². The molecule has 29 heavy (non-hydrogen) atoms. The summed E-state index contributed by atoms with van der Waals surface area (Å²) >= 11 is 0. The number of rotatable bonds is 10. The fourth-order valence-corrected chi connectivity index (χ4v) is 3.09. The summed E-state index contributed by atoms with van der Waals surface area (Å²) in [6.45, 7) is 9.39. The zero-order valence-electron chi connectivity index (χ0n) is 17.6. The summed E-state index contributed by atoms with van der Waals surface area (Å²) in [5.74, 6) is -2.43. The van der Waals surface area contributed by atoms with Gasteiger partial charge in [0.05, 0.1) is 12.1 Å². The average Bonchev–Trinajstić information content (AvgIpc) is 3.16. The minimum atomic E-state index is -1.08. The Bertz CT molecular complexity index is 629. The Balaban J connectivity index is 2.89. The Labute approximate surface area is 172 Å². The summed E-state index contributed by atoms with van der Waals surface area (Å²) in [6.07, 6.45) is 2.90. The summed E-state index contributed by atoms with van der Waals surface area (Å²) in [7, 11) is 0. The van der Waals surface area contributed by atoms with E-state index in [0.29, 0.717) is 19.4 Å². The second-order valence-electron chi connectivity index (χ2n) is 8.32. The van der Waals surface area contributed by atoms with Crippen LogP contribution >= 0.6 is 0 Å². The highest BCUT2D eigenvalue weighted by Gasteiger charge is 2.40. The fraction of sp³-hybridized carbons (Fsp3) is 0.700. The van der Waals surface area contributed by atoms with Gasteiger partial charge >= 0.3 is 0 Å². The number of carbonyl (C=O) groups is 4.